The van der Waals surface area contributed by atoms with Gasteiger partial charge in [0.25, 0.3) is 0 Å². The first-order valence-electron chi connectivity index (χ1n) is 13.2. The van der Waals surface area contributed by atoms with Gasteiger partial charge in [-0.25, -0.2) is 4.98 Å². The van der Waals surface area contributed by atoms with Crippen molar-refractivity contribution in [3.8, 4) is 0 Å². The monoisotopic (exact) mass is 633 g/mol. The second-order valence-corrected chi connectivity index (χ2v) is 10.4. The molecular formula is C31H35ClF3N5O2S. The SMILES string of the molecule is CN1CCCCC1.CSNc1cccc(C(N)=O)c1.Nc1cc(C(F)(F)F)nc2ccc(Cl)cc12.O=Cc1ccccc1. The van der Waals surface area contributed by atoms with E-state index in [0.29, 0.717) is 16.0 Å². The zero-order valence-corrected chi connectivity index (χ0v) is 25.5. The second kappa shape index (κ2) is 18.0. The van der Waals surface area contributed by atoms with Crippen molar-refractivity contribution in [1.29, 1.82) is 0 Å². The number of nitrogens with one attached hydrogen (secondary N) is 1. The number of nitrogens with two attached hydrogens (primary N) is 2. The molecule has 0 atom stereocenters. The lowest BCUT2D eigenvalue weighted by Crippen LogP contribution is -2.24. The molecule has 1 aliphatic rings. The van der Waals surface area contributed by atoms with Crippen LogP contribution in [0.2, 0.25) is 5.02 Å². The number of rotatable bonds is 4. The van der Waals surface area contributed by atoms with E-state index in [9.17, 15) is 22.8 Å². The molecule has 1 saturated heterocycles. The summed E-state index contributed by atoms with van der Waals surface area (Å²) in [5.74, 6) is -0.403. The lowest BCUT2D eigenvalue weighted by Gasteiger charge is -2.20. The number of nitrogens with zero attached hydrogens (tertiary/aromatic N) is 2. The largest absolute Gasteiger partial charge is 0.433 e. The molecule has 1 aliphatic heterocycles. The zero-order valence-electron chi connectivity index (χ0n) is 23.9. The number of halogens is 4. The number of pyridine rings is 1. The van der Waals surface area contributed by atoms with Gasteiger partial charge in [-0.05, 0) is 75.4 Å². The van der Waals surface area contributed by atoms with E-state index >= 15 is 0 Å². The molecule has 7 nitrogen and oxygen atoms in total. The highest BCUT2D eigenvalue weighted by molar-refractivity contribution is 7.99. The van der Waals surface area contributed by atoms with Gasteiger partial charge in [-0.1, -0.05) is 66.4 Å². The number of anilines is 2. The number of fused-ring (bicyclic) bond motifs is 1. The normalized spacial score (nSPS) is 12.8. The molecule has 1 fully saturated rings. The Morgan fingerprint density at radius 1 is 1.00 bits per heavy atom. The van der Waals surface area contributed by atoms with E-state index < -0.39 is 17.8 Å². The molecule has 2 heterocycles. The van der Waals surface area contributed by atoms with Crippen molar-refractivity contribution < 1.29 is 22.8 Å². The smallest absolute Gasteiger partial charge is 0.398 e. The highest BCUT2D eigenvalue weighted by atomic mass is 35.5. The number of nitrogen functional groups attached to an aromatic ring is 1. The Morgan fingerprint density at radius 2 is 1.67 bits per heavy atom. The summed E-state index contributed by atoms with van der Waals surface area (Å²) in [5, 5.41) is 0.821. The molecule has 0 bridgehead atoms. The Hall–Kier alpha value is -3.80. The van der Waals surface area contributed by atoms with E-state index in [1.165, 1.54) is 62.5 Å². The Bertz CT molecular complexity index is 1450. The molecule has 0 radical (unpaired) electrons. The number of primary amides is 1. The Labute approximate surface area is 258 Å². The van der Waals surface area contributed by atoms with Gasteiger partial charge in [0.15, 0.2) is 0 Å². The summed E-state index contributed by atoms with van der Waals surface area (Å²) in [5.41, 5.74) is 12.0. The second-order valence-electron chi connectivity index (χ2n) is 9.40. The number of alkyl halides is 3. The molecule has 12 heteroatoms. The first-order chi connectivity index (χ1) is 20.4. The lowest BCUT2D eigenvalue weighted by molar-refractivity contribution is -0.140. The van der Waals surface area contributed by atoms with Crippen LogP contribution >= 0.6 is 23.5 Å². The maximum Gasteiger partial charge on any atom is 0.433 e. The van der Waals surface area contributed by atoms with E-state index in [1.54, 1.807) is 30.3 Å². The molecule has 0 aliphatic carbocycles. The van der Waals surface area contributed by atoms with Crippen LogP contribution in [-0.4, -0.2) is 48.5 Å². The summed E-state index contributed by atoms with van der Waals surface area (Å²) < 4.78 is 40.3. The van der Waals surface area contributed by atoms with Crippen molar-refractivity contribution in [2.45, 2.75) is 25.4 Å². The van der Waals surface area contributed by atoms with Gasteiger partial charge in [-0.2, -0.15) is 13.2 Å². The minimum absolute atomic E-state index is 0.0137. The van der Waals surface area contributed by atoms with Crippen molar-refractivity contribution in [2.24, 2.45) is 5.73 Å². The first-order valence-corrected chi connectivity index (χ1v) is 14.9. The molecule has 3 aromatic carbocycles. The third-order valence-electron chi connectivity index (χ3n) is 5.98. The molecule has 0 unspecified atom stereocenters. The standard InChI is InChI=1S/C10H6ClF3N2.C8H10N2OS.C7H6O.C6H13N/c11-5-1-2-8-6(3-5)7(15)4-9(16-8)10(12,13)14;1-12-10-7-4-2-3-6(5-7)8(9)11;8-6-7-4-2-1-3-5-7;1-7-5-3-2-4-6-7/h1-4H,(H2,15,16);2-5,10H,1H3,(H2,9,11);1-6H;2-6H2,1H3. The summed E-state index contributed by atoms with van der Waals surface area (Å²) in [6.45, 7) is 2.64. The predicted octanol–water partition coefficient (Wildman–Crippen LogP) is 7.57. The molecular weight excluding hydrogens is 599 g/mol. The first kappa shape index (κ1) is 35.4. The molecule has 0 spiro atoms. The fraction of sp³-hybridized carbons (Fsp3) is 0.258. The Morgan fingerprint density at radius 3 is 2.19 bits per heavy atom. The highest BCUT2D eigenvalue weighted by Gasteiger charge is 2.33. The van der Waals surface area contributed by atoms with Crippen molar-refractivity contribution >= 4 is 58.0 Å². The third-order valence-corrected chi connectivity index (χ3v) is 6.65. The van der Waals surface area contributed by atoms with Crippen LogP contribution < -0.4 is 16.2 Å². The van der Waals surface area contributed by atoms with Crippen LogP contribution in [0.5, 0.6) is 0 Å². The van der Waals surface area contributed by atoms with Crippen LogP contribution in [0.3, 0.4) is 0 Å². The number of hydrogen-bond acceptors (Lipinski definition) is 7. The van der Waals surface area contributed by atoms with Gasteiger partial charge in [0.2, 0.25) is 5.91 Å². The topological polar surface area (TPSA) is 114 Å². The minimum Gasteiger partial charge on any atom is -0.398 e. The summed E-state index contributed by atoms with van der Waals surface area (Å²) in [7, 11) is 2.19. The summed E-state index contributed by atoms with van der Waals surface area (Å²) in [6.07, 6.45) is 2.52. The van der Waals surface area contributed by atoms with Gasteiger partial charge in [0, 0.05) is 39.2 Å². The quantitative estimate of drug-likeness (QED) is 0.157. The maximum absolute atomic E-state index is 12.4. The highest BCUT2D eigenvalue weighted by Crippen LogP contribution is 2.32. The zero-order chi connectivity index (χ0) is 31.8. The molecule has 43 heavy (non-hydrogen) atoms. The van der Waals surface area contributed by atoms with Crippen LogP contribution in [0.4, 0.5) is 24.5 Å². The molecule has 1 amide bonds. The lowest BCUT2D eigenvalue weighted by atomic mass is 10.1. The number of aldehydes is 1. The van der Waals surface area contributed by atoms with Gasteiger partial charge in [-0.3, -0.25) is 9.59 Å². The Balaban J connectivity index is 0.000000211. The summed E-state index contributed by atoms with van der Waals surface area (Å²) in [6, 6.07) is 21.3. The van der Waals surface area contributed by atoms with Crippen LogP contribution in [0.25, 0.3) is 10.9 Å². The van der Waals surface area contributed by atoms with Gasteiger partial charge < -0.3 is 21.1 Å². The number of benzene rings is 3. The van der Waals surface area contributed by atoms with Crippen LogP contribution in [0.15, 0.2) is 78.9 Å². The van der Waals surface area contributed by atoms with Crippen LogP contribution in [0.1, 0.15) is 45.7 Å². The van der Waals surface area contributed by atoms with E-state index in [0.717, 1.165) is 23.6 Å². The minimum atomic E-state index is -4.50. The number of carbonyl (C=O) groups excluding carboxylic acids is 2. The van der Waals surface area contributed by atoms with Crippen molar-refractivity contribution in [3.05, 3.63) is 101 Å². The van der Waals surface area contributed by atoms with Crippen LogP contribution in [0, 0.1) is 0 Å². The van der Waals surface area contributed by atoms with Gasteiger partial charge in [-0.15, -0.1) is 0 Å². The van der Waals surface area contributed by atoms with E-state index in [1.807, 2.05) is 30.5 Å². The number of carbonyl (C=O) groups is 2. The van der Waals surface area contributed by atoms with Crippen LogP contribution in [-0.2, 0) is 6.18 Å². The Kier molecular flexibility index (Phi) is 14.8. The van der Waals surface area contributed by atoms with E-state index in [-0.39, 0.29) is 11.2 Å². The molecule has 5 rings (SSSR count). The summed E-state index contributed by atoms with van der Waals surface area (Å²) >= 11 is 7.19. The number of piperidine rings is 1. The maximum atomic E-state index is 12.4. The molecule has 4 aromatic rings. The predicted molar refractivity (Wildman–Crippen MR) is 171 cm³/mol. The van der Waals surface area contributed by atoms with Gasteiger partial charge in [0.05, 0.1) is 5.52 Å². The number of likely N-dealkylation sites (tertiary alicyclic amines) is 1. The number of amides is 1. The van der Waals surface area contributed by atoms with Crippen molar-refractivity contribution in [3.63, 3.8) is 0 Å². The van der Waals surface area contributed by atoms with Gasteiger partial charge >= 0.3 is 6.18 Å². The summed E-state index contributed by atoms with van der Waals surface area (Å²) in [4.78, 5) is 26.6. The molecule has 230 valence electrons. The van der Waals surface area contributed by atoms with Crippen molar-refractivity contribution in [1.82, 2.24) is 9.88 Å². The van der Waals surface area contributed by atoms with Gasteiger partial charge in [0.1, 0.15) is 12.0 Å². The fourth-order valence-corrected chi connectivity index (χ4v) is 4.34. The van der Waals surface area contributed by atoms with Crippen molar-refractivity contribution in [2.75, 3.05) is 36.8 Å². The van der Waals surface area contributed by atoms with E-state index in [4.69, 9.17) is 23.1 Å². The third kappa shape index (κ3) is 12.9. The fourth-order valence-electron chi connectivity index (χ4n) is 3.81. The molecule has 5 N–H and O–H groups in total. The average molecular weight is 634 g/mol. The number of aromatic nitrogens is 1. The average Bonchev–Trinajstić information content (AvgIpc) is 2.99. The van der Waals surface area contributed by atoms with E-state index in [2.05, 4.69) is 21.7 Å². The molecule has 1 aromatic heterocycles. The molecule has 0 saturated carbocycles. The number of hydrogen-bond donors (Lipinski definition) is 3.